The fourth-order valence-corrected chi connectivity index (χ4v) is 4.10. The fraction of sp³-hybridized carbons (Fsp3) is 0.571. The van der Waals surface area contributed by atoms with Crippen LogP contribution in [0.5, 0.6) is 0 Å². The van der Waals surface area contributed by atoms with E-state index in [1.165, 1.54) is 30.6 Å². The number of thiazole rings is 1. The predicted octanol–water partition coefficient (Wildman–Crippen LogP) is 1.08. The molecule has 2 unspecified atom stereocenters. The molecule has 2 aromatic rings. The highest BCUT2D eigenvalue weighted by atomic mass is 32.1. The molecule has 0 aromatic carbocycles. The van der Waals surface area contributed by atoms with Crippen LogP contribution in [0.15, 0.2) is 22.4 Å². The molecule has 4 rings (SSSR count). The van der Waals surface area contributed by atoms with Gasteiger partial charge in [0, 0.05) is 49.4 Å². The molecule has 0 radical (unpaired) electrons. The van der Waals surface area contributed by atoms with Crippen LogP contribution in [0, 0.1) is 0 Å². The predicted molar refractivity (Wildman–Crippen MR) is 79.2 cm³/mol. The van der Waals surface area contributed by atoms with Gasteiger partial charge in [-0.25, -0.2) is 4.98 Å². The zero-order valence-electron chi connectivity index (χ0n) is 11.3. The maximum absolute atomic E-state index is 12.0. The number of hydrogen-bond donors (Lipinski definition) is 1. The molecule has 0 amide bonds. The Kier molecular flexibility index (Phi) is 3.09. The molecule has 2 atom stereocenters. The van der Waals surface area contributed by atoms with Crippen LogP contribution in [0.1, 0.15) is 25.0 Å². The van der Waals surface area contributed by atoms with Crippen molar-refractivity contribution in [2.75, 3.05) is 13.1 Å². The molecule has 6 heteroatoms. The second-order valence-electron chi connectivity index (χ2n) is 5.80. The largest absolute Gasteiger partial charge is 0.310 e. The average Bonchev–Trinajstić information content (AvgIpc) is 2.99. The van der Waals surface area contributed by atoms with Gasteiger partial charge >= 0.3 is 0 Å². The minimum absolute atomic E-state index is 0.0284. The summed E-state index contributed by atoms with van der Waals surface area (Å²) in [7, 11) is 0. The van der Waals surface area contributed by atoms with Crippen molar-refractivity contribution in [1.29, 1.82) is 0 Å². The van der Waals surface area contributed by atoms with E-state index in [4.69, 9.17) is 0 Å². The van der Waals surface area contributed by atoms with Crippen molar-refractivity contribution in [3.8, 4) is 0 Å². The van der Waals surface area contributed by atoms with E-state index in [2.05, 4.69) is 15.2 Å². The summed E-state index contributed by atoms with van der Waals surface area (Å²) in [5.74, 6) is 0. The number of rotatable bonds is 2. The van der Waals surface area contributed by atoms with E-state index in [0.717, 1.165) is 30.3 Å². The molecule has 20 heavy (non-hydrogen) atoms. The maximum Gasteiger partial charge on any atom is 0.258 e. The highest BCUT2D eigenvalue weighted by molar-refractivity contribution is 7.15. The molecule has 2 aliphatic heterocycles. The first-order chi connectivity index (χ1) is 9.78. The van der Waals surface area contributed by atoms with Gasteiger partial charge < -0.3 is 5.32 Å². The van der Waals surface area contributed by atoms with Crippen molar-refractivity contribution in [3.05, 3.63) is 33.7 Å². The summed E-state index contributed by atoms with van der Waals surface area (Å²) in [5.41, 5.74) is 0.927. The van der Waals surface area contributed by atoms with Gasteiger partial charge in [0.15, 0.2) is 4.96 Å². The molecule has 2 fully saturated rings. The van der Waals surface area contributed by atoms with Gasteiger partial charge in [-0.05, 0) is 19.3 Å². The molecule has 106 valence electrons. The summed E-state index contributed by atoms with van der Waals surface area (Å²) >= 11 is 1.51. The van der Waals surface area contributed by atoms with Gasteiger partial charge in [-0.3, -0.25) is 14.1 Å². The molecular weight excluding hydrogens is 272 g/mol. The van der Waals surface area contributed by atoms with E-state index in [9.17, 15) is 4.79 Å². The SMILES string of the molecule is O=c1cc(CN2CCC3CCC(C2)N3)nc2sccn12. The van der Waals surface area contributed by atoms with Crippen LogP contribution in [0.3, 0.4) is 0 Å². The van der Waals surface area contributed by atoms with E-state index in [0.29, 0.717) is 12.1 Å². The van der Waals surface area contributed by atoms with E-state index >= 15 is 0 Å². The number of nitrogens with one attached hydrogen (secondary N) is 1. The number of nitrogens with zero attached hydrogens (tertiary/aromatic N) is 3. The zero-order valence-corrected chi connectivity index (χ0v) is 12.1. The van der Waals surface area contributed by atoms with E-state index < -0.39 is 0 Å². The molecule has 0 saturated carbocycles. The summed E-state index contributed by atoms with van der Waals surface area (Å²) in [5, 5.41) is 5.58. The summed E-state index contributed by atoms with van der Waals surface area (Å²) < 4.78 is 1.61. The lowest BCUT2D eigenvalue weighted by molar-refractivity contribution is 0.248. The lowest BCUT2D eigenvalue weighted by Crippen LogP contribution is -2.35. The third-order valence-corrected chi connectivity index (χ3v) is 5.11. The minimum atomic E-state index is 0.0284. The lowest BCUT2D eigenvalue weighted by atomic mass is 10.1. The van der Waals surface area contributed by atoms with Crippen LogP contribution >= 0.6 is 11.3 Å². The Morgan fingerprint density at radius 3 is 3.20 bits per heavy atom. The third-order valence-electron chi connectivity index (χ3n) is 4.35. The molecule has 2 aromatic heterocycles. The average molecular weight is 290 g/mol. The van der Waals surface area contributed by atoms with Crippen molar-refractivity contribution in [1.82, 2.24) is 19.6 Å². The minimum Gasteiger partial charge on any atom is -0.310 e. The van der Waals surface area contributed by atoms with Crippen molar-refractivity contribution in [2.24, 2.45) is 0 Å². The Morgan fingerprint density at radius 2 is 2.25 bits per heavy atom. The van der Waals surface area contributed by atoms with Crippen LogP contribution in [-0.4, -0.2) is 39.5 Å². The Labute approximate surface area is 121 Å². The quantitative estimate of drug-likeness (QED) is 0.899. The van der Waals surface area contributed by atoms with E-state index in [1.54, 1.807) is 16.7 Å². The molecule has 0 aliphatic carbocycles. The zero-order chi connectivity index (χ0) is 13.5. The van der Waals surface area contributed by atoms with Crippen LogP contribution < -0.4 is 10.9 Å². The first kappa shape index (κ1) is 12.5. The smallest absolute Gasteiger partial charge is 0.258 e. The molecule has 2 aliphatic rings. The third kappa shape index (κ3) is 2.28. The number of fused-ring (bicyclic) bond motifs is 3. The lowest BCUT2D eigenvalue weighted by Gasteiger charge is -2.23. The van der Waals surface area contributed by atoms with E-state index in [1.807, 2.05) is 5.38 Å². The normalized spacial score (nSPS) is 27.0. The molecule has 4 heterocycles. The van der Waals surface area contributed by atoms with Crippen LogP contribution in [0.25, 0.3) is 4.96 Å². The van der Waals surface area contributed by atoms with Gasteiger partial charge in [0.05, 0.1) is 5.69 Å². The van der Waals surface area contributed by atoms with Crippen molar-refractivity contribution >= 4 is 16.3 Å². The molecule has 0 spiro atoms. The van der Waals surface area contributed by atoms with E-state index in [-0.39, 0.29) is 5.56 Å². The Balaban J connectivity index is 1.56. The van der Waals surface area contributed by atoms with Crippen LogP contribution in [0.4, 0.5) is 0 Å². The summed E-state index contributed by atoms with van der Waals surface area (Å²) in [6, 6.07) is 2.99. The van der Waals surface area contributed by atoms with Crippen LogP contribution in [-0.2, 0) is 6.54 Å². The number of aromatic nitrogens is 2. The van der Waals surface area contributed by atoms with Crippen molar-refractivity contribution in [2.45, 2.75) is 37.9 Å². The summed E-state index contributed by atoms with van der Waals surface area (Å²) in [6.07, 6.45) is 5.59. The maximum atomic E-state index is 12.0. The first-order valence-corrected chi connectivity index (χ1v) is 8.10. The highest BCUT2D eigenvalue weighted by Gasteiger charge is 2.29. The molecular formula is C14H18N4OS. The fourth-order valence-electron chi connectivity index (χ4n) is 3.36. The number of hydrogen-bond acceptors (Lipinski definition) is 5. The standard InChI is InChI=1S/C14H18N4OS/c19-13-7-12(16-14-18(13)5-6-20-14)9-17-4-3-10-1-2-11(8-17)15-10/h5-7,10-11,15H,1-4,8-9H2. The second kappa shape index (κ2) is 4.95. The van der Waals surface area contributed by atoms with Crippen molar-refractivity contribution in [3.63, 3.8) is 0 Å². The first-order valence-electron chi connectivity index (χ1n) is 7.22. The Bertz CT molecular complexity index is 679. The molecule has 2 saturated heterocycles. The summed E-state index contributed by atoms with van der Waals surface area (Å²) in [4.78, 5) is 19.8. The second-order valence-corrected chi connectivity index (χ2v) is 6.68. The highest BCUT2D eigenvalue weighted by Crippen LogP contribution is 2.21. The van der Waals surface area contributed by atoms with Gasteiger partial charge in [-0.1, -0.05) is 0 Å². The molecule has 1 N–H and O–H groups in total. The van der Waals surface area contributed by atoms with Crippen molar-refractivity contribution < 1.29 is 0 Å². The Morgan fingerprint density at radius 1 is 1.35 bits per heavy atom. The Hall–Kier alpha value is -1.24. The summed E-state index contributed by atoms with van der Waals surface area (Å²) in [6.45, 7) is 2.95. The van der Waals surface area contributed by atoms with Gasteiger partial charge in [-0.15, -0.1) is 11.3 Å². The van der Waals surface area contributed by atoms with Gasteiger partial charge in [0.2, 0.25) is 0 Å². The van der Waals surface area contributed by atoms with Crippen LogP contribution in [0.2, 0.25) is 0 Å². The molecule has 5 nitrogen and oxygen atoms in total. The molecule has 2 bridgehead atoms. The number of likely N-dealkylation sites (tertiary alicyclic amines) is 1. The van der Waals surface area contributed by atoms with Gasteiger partial charge in [0.25, 0.3) is 5.56 Å². The van der Waals surface area contributed by atoms with Gasteiger partial charge in [-0.2, -0.15) is 0 Å². The topological polar surface area (TPSA) is 49.6 Å². The van der Waals surface area contributed by atoms with Gasteiger partial charge in [0.1, 0.15) is 0 Å². The monoisotopic (exact) mass is 290 g/mol.